The molecule has 2 heterocycles. The van der Waals surface area contributed by atoms with E-state index in [1.54, 1.807) is 12.3 Å². The Labute approximate surface area is 102 Å². The maximum absolute atomic E-state index is 5.67. The van der Waals surface area contributed by atoms with E-state index in [9.17, 15) is 0 Å². The molecule has 0 unspecified atom stereocenters. The van der Waals surface area contributed by atoms with Crippen LogP contribution < -0.4 is 5.73 Å². The van der Waals surface area contributed by atoms with Gasteiger partial charge in [-0.3, -0.25) is 0 Å². The van der Waals surface area contributed by atoms with Crippen molar-refractivity contribution >= 4 is 28.5 Å². The van der Waals surface area contributed by atoms with Gasteiger partial charge in [-0.15, -0.1) is 0 Å². The number of rotatable bonds is 3. The second kappa shape index (κ2) is 4.18. The molecule has 3 rings (SSSR count). The number of nitrogen functional groups attached to an aromatic ring is 1. The molecule has 86 valence electrons. The predicted octanol–water partition coefficient (Wildman–Crippen LogP) is 3.30. The van der Waals surface area contributed by atoms with Crippen LogP contribution in [0.2, 0.25) is 0 Å². The van der Waals surface area contributed by atoms with Crippen molar-refractivity contribution in [1.29, 1.82) is 0 Å². The molecule has 5 heteroatoms. The van der Waals surface area contributed by atoms with Gasteiger partial charge in [-0.1, -0.05) is 11.8 Å². The first-order chi connectivity index (χ1) is 8.31. The lowest BCUT2D eigenvalue weighted by Gasteiger charge is -1.91. The fourth-order valence-corrected chi connectivity index (χ4v) is 2.25. The van der Waals surface area contributed by atoms with Gasteiger partial charge < -0.3 is 14.6 Å². The zero-order valence-electron chi connectivity index (χ0n) is 8.92. The summed E-state index contributed by atoms with van der Waals surface area (Å²) in [5, 5.41) is 0.627. The van der Waals surface area contributed by atoms with Crippen molar-refractivity contribution < 1.29 is 8.83 Å². The largest absolute Gasteiger partial charge is 0.468 e. The van der Waals surface area contributed by atoms with Gasteiger partial charge in [0.15, 0.2) is 5.58 Å². The van der Waals surface area contributed by atoms with Crippen molar-refractivity contribution in [2.45, 2.75) is 11.0 Å². The fourth-order valence-electron chi connectivity index (χ4n) is 1.51. The number of benzene rings is 1. The van der Waals surface area contributed by atoms with Crippen molar-refractivity contribution in [2.24, 2.45) is 0 Å². The quantitative estimate of drug-likeness (QED) is 0.567. The molecule has 0 saturated heterocycles. The van der Waals surface area contributed by atoms with E-state index in [2.05, 4.69) is 4.98 Å². The van der Waals surface area contributed by atoms with Crippen LogP contribution in [0.4, 0.5) is 5.69 Å². The van der Waals surface area contributed by atoms with E-state index in [0.29, 0.717) is 22.2 Å². The molecule has 0 aliphatic rings. The highest BCUT2D eigenvalue weighted by Gasteiger charge is 2.07. The fraction of sp³-hybridized carbons (Fsp3) is 0.0833. The normalized spacial score (nSPS) is 11.1. The minimum atomic E-state index is 0.627. The summed E-state index contributed by atoms with van der Waals surface area (Å²) in [7, 11) is 0. The molecular weight excluding hydrogens is 236 g/mol. The van der Waals surface area contributed by atoms with Gasteiger partial charge in [0.1, 0.15) is 11.3 Å². The molecule has 0 aliphatic heterocycles. The molecule has 0 spiro atoms. The standard InChI is InChI=1S/C12H10N2O2S/c13-8-3-4-10-11(6-8)16-12(14-10)17-7-9-2-1-5-15-9/h1-6H,7,13H2. The molecule has 0 aliphatic carbocycles. The Kier molecular flexibility index (Phi) is 2.53. The molecule has 0 amide bonds. The molecule has 1 aromatic carbocycles. The number of oxazole rings is 1. The number of fused-ring (bicyclic) bond motifs is 1. The molecular formula is C12H10N2O2S. The predicted molar refractivity (Wildman–Crippen MR) is 66.7 cm³/mol. The summed E-state index contributed by atoms with van der Waals surface area (Å²) in [6.07, 6.45) is 1.66. The monoisotopic (exact) mass is 246 g/mol. The summed E-state index contributed by atoms with van der Waals surface area (Å²) in [4.78, 5) is 4.35. The van der Waals surface area contributed by atoms with E-state index in [1.807, 2.05) is 24.3 Å². The summed E-state index contributed by atoms with van der Waals surface area (Å²) in [6.45, 7) is 0. The van der Waals surface area contributed by atoms with Crippen LogP contribution in [0.15, 0.2) is 50.7 Å². The van der Waals surface area contributed by atoms with Gasteiger partial charge in [0.2, 0.25) is 0 Å². The third-order valence-corrected chi connectivity index (χ3v) is 3.16. The summed E-state index contributed by atoms with van der Waals surface area (Å²) >= 11 is 1.50. The maximum Gasteiger partial charge on any atom is 0.257 e. The van der Waals surface area contributed by atoms with Crippen molar-refractivity contribution in [3.05, 3.63) is 42.4 Å². The first-order valence-corrected chi connectivity index (χ1v) is 6.11. The van der Waals surface area contributed by atoms with Gasteiger partial charge in [-0.05, 0) is 24.3 Å². The molecule has 0 atom stereocenters. The lowest BCUT2D eigenvalue weighted by molar-refractivity contribution is 0.487. The average molecular weight is 246 g/mol. The van der Waals surface area contributed by atoms with E-state index in [1.165, 1.54) is 11.8 Å². The Balaban J connectivity index is 1.81. The number of aromatic nitrogens is 1. The van der Waals surface area contributed by atoms with Crippen LogP contribution in [0, 0.1) is 0 Å². The van der Waals surface area contributed by atoms with Gasteiger partial charge in [0.25, 0.3) is 5.22 Å². The third-order valence-electron chi connectivity index (χ3n) is 2.31. The van der Waals surface area contributed by atoms with Crippen LogP contribution in [0.25, 0.3) is 11.1 Å². The van der Waals surface area contributed by atoms with E-state index in [0.717, 1.165) is 11.3 Å². The van der Waals surface area contributed by atoms with E-state index in [4.69, 9.17) is 14.6 Å². The Morgan fingerprint density at radius 1 is 1.29 bits per heavy atom. The highest BCUT2D eigenvalue weighted by Crippen LogP contribution is 2.27. The lowest BCUT2D eigenvalue weighted by atomic mass is 10.3. The molecule has 4 nitrogen and oxygen atoms in total. The number of nitrogens with zero attached hydrogens (tertiary/aromatic N) is 1. The van der Waals surface area contributed by atoms with Crippen molar-refractivity contribution in [3.8, 4) is 0 Å². The van der Waals surface area contributed by atoms with Crippen LogP contribution in [-0.4, -0.2) is 4.98 Å². The summed E-state index contributed by atoms with van der Waals surface area (Å²) in [6, 6.07) is 9.23. The number of nitrogens with two attached hydrogens (primary N) is 1. The Bertz CT molecular complexity index is 631. The van der Waals surface area contributed by atoms with Gasteiger partial charge in [-0.25, -0.2) is 4.98 Å². The smallest absolute Gasteiger partial charge is 0.257 e. The second-order valence-electron chi connectivity index (χ2n) is 3.57. The zero-order chi connectivity index (χ0) is 11.7. The van der Waals surface area contributed by atoms with E-state index >= 15 is 0 Å². The number of furan rings is 1. The topological polar surface area (TPSA) is 65.2 Å². The highest BCUT2D eigenvalue weighted by molar-refractivity contribution is 7.98. The van der Waals surface area contributed by atoms with Gasteiger partial charge in [0, 0.05) is 11.8 Å². The molecule has 0 saturated carbocycles. The van der Waals surface area contributed by atoms with Gasteiger partial charge >= 0.3 is 0 Å². The Hall–Kier alpha value is -1.88. The van der Waals surface area contributed by atoms with Crippen LogP contribution in [-0.2, 0) is 5.75 Å². The first kappa shape index (κ1) is 10.3. The Morgan fingerprint density at radius 2 is 2.24 bits per heavy atom. The summed E-state index contributed by atoms with van der Waals surface area (Å²) in [5.41, 5.74) is 7.89. The summed E-state index contributed by atoms with van der Waals surface area (Å²) in [5.74, 6) is 1.60. The third kappa shape index (κ3) is 2.14. The van der Waals surface area contributed by atoms with Gasteiger partial charge in [0.05, 0.1) is 12.0 Å². The molecule has 0 radical (unpaired) electrons. The molecule has 2 N–H and O–H groups in total. The lowest BCUT2D eigenvalue weighted by Crippen LogP contribution is -1.81. The molecule has 2 aromatic heterocycles. The van der Waals surface area contributed by atoms with Crippen molar-refractivity contribution in [1.82, 2.24) is 4.98 Å². The van der Waals surface area contributed by atoms with Crippen LogP contribution >= 0.6 is 11.8 Å². The second-order valence-corrected chi connectivity index (χ2v) is 4.50. The van der Waals surface area contributed by atoms with Crippen molar-refractivity contribution in [2.75, 3.05) is 5.73 Å². The molecule has 3 aromatic rings. The summed E-state index contributed by atoms with van der Waals surface area (Å²) < 4.78 is 10.8. The average Bonchev–Trinajstić information content (AvgIpc) is 2.94. The van der Waals surface area contributed by atoms with Crippen molar-refractivity contribution in [3.63, 3.8) is 0 Å². The van der Waals surface area contributed by atoms with E-state index < -0.39 is 0 Å². The Morgan fingerprint density at radius 3 is 3.06 bits per heavy atom. The number of hydrogen-bond acceptors (Lipinski definition) is 5. The first-order valence-electron chi connectivity index (χ1n) is 5.12. The number of thioether (sulfide) groups is 1. The minimum Gasteiger partial charge on any atom is -0.468 e. The van der Waals surface area contributed by atoms with Crippen LogP contribution in [0.3, 0.4) is 0 Å². The SMILES string of the molecule is Nc1ccc2nc(SCc3ccco3)oc2c1. The zero-order valence-corrected chi connectivity index (χ0v) is 9.74. The highest BCUT2D eigenvalue weighted by atomic mass is 32.2. The maximum atomic E-state index is 5.67. The molecule has 17 heavy (non-hydrogen) atoms. The number of hydrogen-bond donors (Lipinski definition) is 1. The minimum absolute atomic E-state index is 0.627. The van der Waals surface area contributed by atoms with Crippen LogP contribution in [0.1, 0.15) is 5.76 Å². The van der Waals surface area contributed by atoms with Crippen LogP contribution in [0.5, 0.6) is 0 Å². The molecule has 0 bridgehead atoms. The van der Waals surface area contributed by atoms with E-state index in [-0.39, 0.29) is 0 Å². The van der Waals surface area contributed by atoms with Gasteiger partial charge in [-0.2, -0.15) is 0 Å². The molecule has 0 fully saturated rings. The number of anilines is 1.